The minimum Gasteiger partial charge on any atom is -0.457 e. The summed E-state index contributed by atoms with van der Waals surface area (Å²) in [6, 6.07) is -0.990. The van der Waals surface area contributed by atoms with Crippen LogP contribution in [0.3, 0.4) is 0 Å². The van der Waals surface area contributed by atoms with E-state index in [0.717, 1.165) is 0 Å². The number of rotatable bonds is 8. The Balaban J connectivity index is 5.01. The van der Waals surface area contributed by atoms with Gasteiger partial charge in [-0.2, -0.15) is 0 Å². The third kappa shape index (κ3) is 8.54. The molecule has 0 fully saturated rings. The summed E-state index contributed by atoms with van der Waals surface area (Å²) in [7, 11) is 0. The second-order valence-electron chi connectivity index (χ2n) is 5.73. The van der Waals surface area contributed by atoms with Crippen molar-refractivity contribution in [3.05, 3.63) is 21.8 Å². The molecule has 0 rings (SSSR count). The summed E-state index contributed by atoms with van der Waals surface area (Å²) in [5, 5.41) is 14.3. The minimum atomic E-state index is -0.990. The molecule has 0 aromatic rings. The predicted octanol–water partition coefficient (Wildman–Crippen LogP) is 1.19. The Kier molecular flexibility index (Phi) is 7.92. The molecule has 1 amide bonds. The summed E-state index contributed by atoms with van der Waals surface area (Å²) in [5.41, 5.74) is 4.53. The molecular weight excluding hydrogens is 306 g/mol. The standard InChI is InChI=1S/C14H23N3O6/c1-6-10(9(2)17(20)21)7-11(13(15)19)16-22-8-12(18)23-14(3,4)5/h7,9H,6,8H2,1-5H3,(H2,15,19). The summed E-state index contributed by atoms with van der Waals surface area (Å²) in [4.78, 5) is 37.8. The topological polar surface area (TPSA) is 134 Å². The van der Waals surface area contributed by atoms with Crippen LogP contribution in [0.4, 0.5) is 0 Å². The van der Waals surface area contributed by atoms with Crippen LogP contribution in [0.25, 0.3) is 0 Å². The van der Waals surface area contributed by atoms with Crippen molar-refractivity contribution in [1.29, 1.82) is 0 Å². The molecule has 0 aromatic heterocycles. The van der Waals surface area contributed by atoms with Gasteiger partial charge in [-0.05, 0) is 33.3 Å². The highest BCUT2D eigenvalue weighted by atomic mass is 16.7. The summed E-state index contributed by atoms with van der Waals surface area (Å²) in [6.45, 7) is 7.66. The van der Waals surface area contributed by atoms with E-state index < -0.39 is 35.0 Å². The van der Waals surface area contributed by atoms with Gasteiger partial charge < -0.3 is 15.3 Å². The van der Waals surface area contributed by atoms with E-state index in [1.54, 1.807) is 27.7 Å². The number of hydrogen-bond donors (Lipinski definition) is 1. The molecule has 9 nitrogen and oxygen atoms in total. The number of amides is 1. The van der Waals surface area contributed by atoms with E-state index in [2.05, 4.69) is 5.16 Å². The Bertz CT molecular complexity index is 519. The molecule has 0 saturated carbocycles. The number of nitrogens with two attached hydrogens (primary N) is 1. The fraction of sp³-hybridized carbons (Fsp3) is 0.643. The van der Waals surface area contributed by atoms with Crippen LogP contribution < -0.4 is 5.73 Å². The lowest BCUT2D eigenvalue weighted by molar-refractivity contribution is -0.507. The van der Waals surface area contributed by atoms with Crippen LogP contribution in [0.1, 0.15) is 41.0 Å². The fourth-order valence-electron chi connectivity index (χ4n) is 1.50. The number of hydrogen-bond acceptors (Lipinski definition) is 7. The van der Waals surface area contributed by atoms with Crippen molar-refractivity contribution in [2.45, 2.75) is 52.7 Å². The molecular formula is C14H23N3O6. The number of primary amides is 1. The van der Waals surface area contributed by atoms with Gasteiger partial charge in [0.15, 0.2) is 5.71 Å². The van der Waals surface area contributed by atoms with Crippen LogP contribution >= 0.6 is 0 Å². The quantitative estimate of drug-likeness (QED) is 0.307. The predicted molar refractivity (Wildman–Crippen MR) is 83.3 cm³/mol. The van der Waals surface area contributed by atoms with Crippen LogP contribution in [0, 0.1) is 10.1 Å². The molecule has 0 aliphatic heterocycles. The SMILES string of the molecule is CCC(=CC(=NOCC(=O)OC(C)(C)C)C(N)=O)C(C)[N+](=O)[O-]. The van der Waals surface area contributed by atoms with Gasteiger partial charge in [0.05, 0.1) is 0 Å². The zero-order valence-electron chi connectivity index (χ0n) is 14.0. The Morgan fingerprint density at radius 2 is 1.96 bits per heavy atom. The van der Waals surface area contributed by atoms with Gasteiger partial charge in [-0.25, -0.2) is 4.79 Å². The van der Waals surface area contributed by atoms with Crippen LogP contribution in [-0.4, -0.2) is 40.8 Å². The molecule has 2 N–H and O–H groups in total. The van der Waals surface area contributed by atoms with Gasteiger partial charge in [0.1, 0.15) is 5.60 Å². The van der Waals surface area contributed by atoms with Crippen molar-refractivity contribution in [3.63, 3.8) is 0 Å². The average Bonchev–Trinajstić information content (AvgIpc) is 2.39. The number of oxime groups is 1. The summed E-state index contributed by atoms with van der Waals surface area (Å²) < 4.78 is 5.00. The van der Waals surface area contributed by atoms with Gasteiger partial charge >= 0.3 is 5.97 Å². The van der Waals surface area contributed by atoms with Crippen LogP contribution in [0.2, 0.25) is 0 Å². The van der Waals surface area contributed by atoms with Crippen LogP contribution in [-0.2, 0) is 19.2 Å². The second-order valence-corrected chi connectivity index (χ2v) is 5.73. The van der Waals surface area contributed by atoms with Gasteiger partial charge in [-0.15, -0.1) is 0 Å². The lowest BCUT2D eigenvalue weighted by Crippen LogP contribution is -2.27. The molecule has 0 heterocycles. The van der Waals surface area contributed by atoms with Crippen LogP contribution in [0.5, 0.6) is 0 Å². The van der Waals surface area contributed by atoms with E-state index in [9.17, 15) is 19.7 Å². The van der Waals surface area contributed by atoms with E-state index >= 15 is 0 Å². The molecule has 0 aliphatic carbocycles. The molecule has 23 heavy (non-hydrogen) atoms. The lowest BCUT2D eigenvalue weighted by Gasteiger charge is -2.18. The van der Waals surface area contributed by atoms with Gasteiger partial charge in [-0.1, -0.05) is 12.1 Å². The Morgan fingerprint density at radius 3 is 2.35 bits per heavy atom. The van der Waals surface area contributed by atoms with E-state index in [-0.39, 0.29) is 5.71 Å². The number of carbonyl (C=O) groups is 2. The Hall–Kier alpha value is -2.45. The summed E-state index contributed by atoms with van der Waals surface area (Å²) >= 11 is 0. The van der Waals surface area contributed by atoms with Gasteiger partial charge in [0.25, 0.3) is 5.91 Å². The maximum atomic E-state index is 11.4. The smallest absolute Gasteiger partial charge is 0.347 e. The van der Waals surface area contributed by atoms with Gasteiger partial charge in [0.2, 0.25) is 12.6 Å². The minimum absolute atomic E-state index is 0.306. The highest BCUT2D eigenvalue weighted by Crippen LogP contribution is 2.11. The summed E-state index contributed by atoms with van der Waals surface area (Å²) in [6.07, 6.45) is 1.53. The first-order valence-electron chi connectivity index (χ1n) is 7.03. The van der Waals surface area contributed by atoms with E-state index in [0.29, 0.717) is 12.0 Å². The highest BCUT2D eigenvalue weighted by Gasteiger charge is 2.20. The van der Waals surface area contributed by atoms with E-state index in [1.165, 1.54) is 13.0 Å². The first kappa shape index (κ1) is 20.6. The molecule has 0 spiro atoms. The van der Waals surface area contributed by atoms with Crippen LogP contribution in [0.15, 0.2) is 16.8 Å². The maximum Gasteiger partial charge on any atom is 0.347 e. The Labute approximate surface area is 134 Å². The van der Waals surface area contributed by atoms with Crippen molar-refractivity contribution < 1.29 is 24.1 Å². The van der Waals surface area contributed by atoms with E-state index in [4.69, 9.17) is 15.3 Å². The molecule has 0 radical (unpaired) electrons. The molecule has 0 saturated heterocycles. The molecule has 0 aromatic carbocycles. The highest BCUT2D eigenvalue weighted by molar-refractivity contribution is 6.42. The third-order valence-corrected chi connectivity index (χ3v) is 2.60. The number of esters is 1. The van der Waals surface area contributed by atoms with Crippen molar-refractivity contribution in [1.82, 2.24) is 0 Å². The molecule has 130 valence electrons. The van der Waals surface area contributed by atoms with Crippen molar-refractivity contribution >= 4 is 17.6 Å². The van der Waals surface area contributed by atoms with Crippen molar-refractivity contribution in [2.75, 3.05) is 6.61 Å². The zero-order chi connectivity index (χ0) is 18.2. The van der Waals surface area contributed by atoms with Crippen molar-refractivity contribution in [3.8, 4) is 0 Å². The van der Waals surface area contributed by atoms with Gasteiger partial charge in [-0.3, -0.25) is 14.9 Å². The number of nitrogens with zero attached hydrogens (tertiary/aromatic N) is 2. The largest absolute Gasteiger partial charge is 0.457 e. The van der Waals surface area contributed by atoms with E-state index in [1.807, 2.05) is 0 Å². The monoisotopic (exact) mass is 329 g/mol. The normalized spacial score (nSPS) is 14.1. The fourth-order valence-corrected chi connectivity index (χ4v) is 1.50. The Morgan fingerprint density at radius 1 is 1.39 bits per heavy atom. The first-order chi connectivity index (χ1) is 10.5. The average molecular weight is 329 g/mol. The van der Waals surface area contributed by atoms with Gasteiger partial charge in [0, 0.05) is 17.4 Å². The van der Waals surface area contributed by atoms with Crippen molar-refractivity contribution in [2.24, 2.45) is 10.9 Å². The second kappa shape index (κ2) is 8.86. The first-order valence-corrected chi connectivity index (χ1v) is 7.03. The zero-order valence-corrected chi connectivity index (χ0v) is 14.0. The maximum absolute atomic E-state index is 11.4. The number of nitro groups is 1. The molecule has 1 unspecified atom stereocenters. The third-order valence-electron chi connectivity index (χ3n) is 2.60. The number of carbonyl (C=O) groups excluding carboxylic acids is 2. The number of ether oxygens (including phenoxy) is 1. The molecule has 0 bridgehead atoms. The molecule has 9 heteroatoms. The summed E-state index contributed by atoms with van der Waals surface area (Å²) in [5.74, 6) is -1.58. The molecule has 0 aliphatic rings. The lowest BCUT2D eigenvalue weighted by atomic mass is 10.0. The molecule has 1 atom stereocenters.